The Balaban J connectivity index is 0.00000576. The molecular weight excluding hydrogens is 429 g/mol. The predicted octanol–water partition coefficient (Wildman–Crippen LogP) is 3.33. The summed E-state index contributed by atoms with van der Waals surface area (Å²) in [5.41, 5.74) is 2.73. The number of halogens is 1. The van der Waals surface area contributed by atoms with E-state index >= 15 is 0 Å². The van der Waals surface area contributed by atoms with Crippen LogP contribution in [0, 0.1) is 5.92 Å². The molecule has 0 aromatic heterocycles. The number of hydrogen-bond acceptors (Lipinski definition) is 3. The molecule has 1 aromatic rings. The SMILES string of the molecule is CN=C(NCCCc1ccc(C(C)C)cc1)NCC(C)C(=O)OC.I. The highest BCUT2D eigenvalue weighted by atomic mass is 127. The molecule has 0 radical (unpaired) electrons. The number of nitrogens with one attached hydrogen (secondary N) is 2. The second kappa shape index (κ2) is 13.0. The summed E-state index contributed by atoms with van der Waals surface area (Å²) in [6.07, 6.45) is 2.05. The molecule has 1 atom stereocenters. The first-order chi connectivity index (χ1) is 11.5. The van der Waals surface area contributed by atoms with Gasteiger partial charge < -0.3 is 15.4 Å². The molecule has 0 aliphatic carbocycles. The van der Waals surface area contributed by atoms with Crippen molar-refractivity contribution in [3.05, 3.63) is 35.4 Å². The number of hydrogen-bond donors (Lipinski definition) is 2. The minimum atomic E-state index is -0.220. The fraction of sp³-hybridized carbons (Fsp3) is 0.579. The van der Waals surface area contributed by atoms with Crippen molar-refractivity contribution in [1.29, 1.82) is 0 Å². The van der Waals surface area contributed by atoms with Crippen LogP contribution in [-0.2, 0) is 16.0 Å². The van der Waals surface area contributed by atoms with E-state index in [9.17, 15) is 4.79 Å². The summed E-state index contributed by atoms with van der Waals surface area (Å²) in [7, 11) is 3.13. The van der Waals surface area contributed by atoms with Crippen LogP contribution in [0.1, 0.15) is 44.2 Å². The van der Waals surface area contributed by atoms with Crippen molar-refractivity contribution in [1.82, 2.24) is 10.6 Å². The first kappa shape index (κ1) is 23.7. The van der Waals surface area contributed by atoms with Crippen LogP contribution in [-0.4, -0.2) is 39.2 Å². The molecule has 0 bridgehead atoms. The zero-order valence-electron chi connectivity index (χ0n) is 16.0. The largest absolute Gasteiger partial charge is 0.469 e. The van der Waals surface area contributed by atoms with Gasteiger partial charge in [-0.25, -0.2) is 0 Å². The highest BCUT2D eigenvalue weighted by Gasteiger charge is 2.13. The third-order valence-corrected chi connectivity index (χ3v) is 3.98. The first-order valence-electron chi connectivity index (χ1n) is 8.59. The van der Waals surface area contributed by atoms with Crippen molar-refractivity contribution in [2.24, 2.45) is 10.9 Å². The van der Waals surface area contributed by atoms with Crippen LogP contribution in [0.5, 0.6) is 0 Å². The van der Waals surface area contributed by atoms with Gasteiger partial charge >= 0.3 is 5.97 Å². The van der Waals surface area contributed by atoms with Gasteiger partial charge in [-0.3, -0.25) is 9.79 Å². The summed E-state index contributed by atoms with van der Waals surface area (Å²) in [6, 6.07) is 8.84. The highest BCUT2D eigenvalue weighted by molar-refractivity contribution is 14.0. The number of rotatable bonds is 8. The molecule has 5 nitrogen and oxygen atoms in total. The Morgan fingerprint density at radius 3 is 2.32 bits per heavy atom. The van der Waals surface area contributed by atoms with E-state index in [1.807, 2.05) is 6.92 Å². The highest BCUT2D eigenvalue weighted by Crippen LogP contribution is 2.15. The molecule has 2 N–H and O–H groups in total. The van der Waals surface area contributed by atoms with E-state index in [1.165, 1.54) is 18.2 Å². The van der Waals surface area contributed by atoms with Gasteiger partial charge in [0.2, 0.25) is 0 Å². The number of carbonyl (C=O) groups excluding carboxylic acids is 1. The van der Waals surface area contributed by atoms with Gasteiger partial charge in [-0.05, 0) is 29.9 Å². The van der Waals surface area contributed by atoms with E-state index in [-0.39, 0.29) is 35.9 Å². The molecule has 25 heavy (non-hydrogen) atoms. The van der Waals surface area contributed by atoms with Gasteiger partial charge in [0, 0.05) is 20.1 Å². The Bertz CT molecular complexity index is 530. The second-order valence-corrected chi connectivity index (χ2v) is 6.30. The molecule has 0 amide bonds. The summed E-state index contributed by atoms with van der Waals surface area (Å²) < 4.78 is 4.71. The van der Waals surface area contributed by atoms with Gasteiger partial charge in [0.15, 0.2) is 5.96 Å². The zero-order valence-corrected chi connectivity index (χ0v) is 18.3. The van der Waals surface area contributed by atoms with E-state index in [2.05, 4.69) is 53.7 Å². The summed E-state index contributed by atoms with van der Waals surface area (Å²) >= 11 is 0. The number of guanidine groups is 1. The Labute approximate surface area is 169 Å². The molecule has 1 unspecified atom stereocenters. The smallest absolute Gasteiger partial charge is 0.310 e. The van der Waals surface area contributed by atoms with Gasteiger partial charge in [-0.1, -0.05) is 45.0 Å². The molecule has 1 aromatic carbocycles. The Morgan fingerprint density at radius 1 is 1.16 bits per heavy atom. The van der Waals surface area contributed by atoms with Gasteiger partial charge in [0.1, 0.15) is 0 Å². The van der Waals surface area contributed by atoms with Crippen molar-refractivity contribution < 1.29 is 9.53 Å². The van der Waals surface area contributed by atoms with E-state index < -0.39 is 0 Å². The summed E-state index contributed by atoms with van der Waals surface area (Å²) in [5.74, 6) is 0.860. The average molecular weight is 461 g/mol. The van der Waals surface area contributed by atoms with E-state index in [0.717, 1.165) is 19.4 Å². The van der Waals surface area contributed by atoms with Gasteiger partial charge in [0.05, 0.1) is 13.0 Å². The number of methoxy groups -OCH3 is 1. The van der Waals surface area contributed by atoms with Gasteiger partial charge in [0.25, 0.3) is 0 Å². The maximum atomic E-state index is 11.4. The third-order valence-electron chi connectivity index (χ3n) is 3.98. The Morgan fingerprint density at radius 2 is 1.80 bits per heavy atom. The van der Waals surface area contributed by atoms with Crippen LogP contribution in [0.3, 0.4) is 0 Å². The fourth-order valence-corrected chi connectivity index (χ4v) is 2.32. The predicted molar refractivity (Wildman–Crippen MR) is 115 cm³/mol. The lowest BCUT2D eigenvalue weighted by Gasteiger charge is -2.14. The van der Waals surface area contributed by atoms with Crippen molar-refractivity contribution in [2.45, 2.75) is 39.5 Å². The second-order valence-electron chi connectivity index (χ2n) is 6.30. The van der Waals surface area contributed by atoms with Crippen molar-refractivity contribution >= 4 is 35.9 Å². The number of aliphatic imine (C=N–C) groups is 1. The molecule has 0 aliphatic rings. The standard InChI is InChI=1S/C19H31N3O2.HI/c1-14(2)17-10-8-16(9-11-17)7-6-12-21-19(20-4)22-13-15(3)18(23)24-5;/h8-11,14-15H,6-7,12-13H2,1-5H3,(H2,20,21,22);1H. The normalized spacial score (nSPS) is 12.3. The van der Waals surface area contributed by atoms with Crippen molar-refractivity contribution in [2.75, 3.05) is 27.2 Å². The van der Waals surface area contributed by atoms with Crippen LogP contribution < -0.4 is 10.6 Å². The maximum absolute atomic E-state index is 11.4. The fourth-order valence-electron chi connectivity index (χ4n) is 2.32. The average Bonchev–Trinajstić information content (AvgIpc) is 2.60. The topological polar surface area (TPSA) is 62.7 Å². The Kier molecular flexibility index (Phi) is 12.3. The Hall–Kier alpha value is -1.31. The van der Waals surface area contributed by atoms with Crippen LogP contribution >= 0.6 is 24.0 Å². The molecule has 6 heteroatoms. The van der Waals surface area contributed by atoms with Crippen LogP contribution in [0.25, 0.3) is 0 Å². The number of carbonyl (C=O) groups is 1. The molecule has 142 valence electrons. The molecule has 0 heterocycles. The van der Waals surface area contributed by atoms with Crippen molar-refractivity contribution in [3.63, 3.8) is 0 Å². The number of nitrogens with zero attached hydrogens (tertiary/aromatic N) is 1. The summed E-state index contributed by atoms with van der Waals surface area (Å²) in [5, 5.41) is 6.41. The summed E-state index contributed by atoms with van der Waals surface area (Å²) in [6.45, 7) is 7.57. The quantitative estimate of drug-likeness (QED) is 0.205. The molecule has 0 saturated heterocycles. The molecule has 0 aliphatic heterocycles. The van der Waals surface area contributed by atoms with Crippen molar-refractivity contribution in [3.8, 4) is 0 Å². The molecule has 0 saturated carbocycles. The maximum Gasteiger partial charge on any atom is 0.310 e. The number of benzene rings is 1. The number of esters is 1. The minimum Gasteiger partial charge on any atom is -0.469 e. The molecular formula is C19H32IN3O2. The zero-order chi connectivity index (χ0) is 17.9. The van der Waals surface area contributed by atoms with Crippen LogP contribution in [0.4, 0.5) is 0 Å². The third kappa shape index (κ3) is 9.09. The van der Waals surface area contributed by atoms with E-state index in [4.69, 9.17) is 4.74 Å². The lowest BCUT2D eigenvalue weighted by molar-refractivity contribution is -0.144. The minimum absolute atomic E-state index is 0. The van der Waals surface area contributed by atoms with Gasteiger partial charge in [-0.2, -0.15) is 0 Å². The number of aryl methyl sites for hydroxylation is 1. The lowest BCUT2D eigenvalue weighted by Crippen LogP contribution is -2.41. The van der Waals surface area contributed by atoms with Crippen LogP contribution in [0.2, 0.25) is 0 Å². The van der Waals surface area contributed by atoms with E-state index in [1.54, 1.807) is 7.05 Å². The van der Waals surface area contributed by atoms with Crippen LogP contribution in [0.15, 0.2) is 29.3 Å². The van der Waals surface area contributed by atoms with Gasteiger partial charge in [-0.15, -0.1) is 24.0 Å². The summed E-state index contributed by atoms with van der Waals surface area (Å²) in [4.78, 5) is 15.5. The van der Waals surface area contributed by atoms with E-state index in [0.29, 0.717) is 18.4 Å². The lowest BCUT2D eigenvalue weighted by atomic mass is 10.0. The first-order valence-corrected chi connectivity index (χ1v) is 8.59. The molecule has 1 rings (SSSR count). The molecule has 0 fully saturated rings. The molecule has 0 spiro atoms. The monoisotopic (exact) mass is 461 g/mol. The number of ether oxygens (including phenoxy) is 1.